The third-order valence-corrected chi connectivity index (χ3v) is 3.50. The first kappa shape index (κ1) is 15.5. The summed E-state index contributed by atoms with van der Waals surface area (Å²) in [4.78, 5) is 24.0. The molecule has 0 saturated carbocycles. The molecule has 1 atom stereocenters. The van der Waals surface area contributed by atoms with Crippen molar-refractivity contribution in [3.63, 3.8) is 0 Å². The third-order valence-electron chi connectivity index (χ3n) is 3.21. The van der Waals surface area contributed by atoms with Crippen LogP contribution in [0, 0.1) is 10.1 Å². The number of nitrogens with zero attached hydrogens (tertiary/aromatic N) is 2. The van der Waals surface area contributed by atoms with E-state index >= 15 is 0 Å². The van der Waals surface area contributed by atoms with E-state index in [1.165, 1.54) is 18.2 Å². The van der Waals surface area contributed by atoms with Gasteiger partial charge >= 0.3 is 0 Å². The Kier molecular flexibility index (Phi) is 4.98. The first-order valence-corrected chi connectivity index (χ1v) is 6.97. The summed E-state index contributed by atoms with van der Waals surface area (Å²) in [6.07, 6.45) is -0.693. The van der Waals surface area contributed by atoms with E-state index in [1.807, 2.05) is 0 Å². The van der Waals surface area contributed by atoms with E-state index in [-0.39, 0.29) is 22.4 Å². The number of amides is 1. The standard InChI is InChI=1S/C13H16ClN3O4/c1-9(13(18)16-6-4-15-5-7-16)21-12-3-2-10(17(19)20)8-11(12)14/h2-3,8-9,15H,4-7H2,1H3. The highest BCUT2D eigenvalue weighted by molar-refractivity contribution is 6.32. The van der Waals surface area contributed by atoms with Crippen LogP contribution in [-0.2, 0) is 4.79 Å². The second-order valence-electron chi connectivity index (χ2n) is 4.71. The molecule has 0 aliphatic carbocycles. The molecule has 1 saturated heterocycles. The molecule has 1 amide bonds. The van der Waals surface area contributed by atoms with Crippen molar-refractivity contribution in [3.05, 3.63) is 33.3 Å². The van der Waals surface area contributed by atoms with Crippen molar-refractivity contribution in [1.82, 2.24) is 10.2 Å². The zero-order valence-corrected chi connectivity index (χ0v) is 12.3. The number of benzene rings is 1. The van der Waals surface area contributed by atoms with Gasteiger partial charge in [-0.3, -0.25) is 14.9 Å². The summed E-state index contributed by atoms with van der Waals surface area (Å²) in [5.74, 6) is 0.143. The van der Waals surface area contributed by atoms with E-state index < -0.39 is 11.0 Å². The molecule has 1 fully saturated rings. The second kappa shape index (κ2) is 6.73. The summed E-state index contributed by atoms with van der Waals surface area (Å²) in [5, 5.41) is 13.9. The normalized spacial score (nSPS) is 16.4. The average molecular weight is 314 g/mol. The lowest BCUT2D eigenvalue weighted by Crippen LogP contribution is -2.50. The van der Waals surface area contributed by atoms with Crippen molar-refractivity contribution in [3.8, 4) is 5.75 Å². The van der Waals surface area contributed by atoms with Crippen molar-refractivity contribution < 1.29 is 14.5 Å². The number of carbonyl (C=O) groups excluding carboxylic acids is 1. The van der Waals surface area contributed by atoms with E-state index in [0.29, 0.717) is 13.1 Å². The van der Waals surface area contributed by atoms with E-state index in [9.17, 15) is 14.9 Å². The molecule has 1 aromatic rings. The smallest absolute Gasteiger partial charge is 0.271 e. The minimum absolute atomic E-state index is 0.115. The maximum absolute atomic E-state index is 12.2. The van der Waals surface area contributed by atoms with E-state index in [4.69, 9.17) is 16.3 Å². The summed E-state index contributed by atoms with van der Waals surface area (Å²) >= 11 is 5.94. The highest BCUT2D eigenvalue weighted by atomic mass is 35.5. The van der Waals surface area contributed by atoms with Crippen LogP contribution in [-0.4, -0.2) is 48.0 Å². The van der Waals surface area contributed by atoms with E-state index in [2.05, 4.69) is 5.32 Å². The number of nitro benzene ring substituents is 1. The minimum Gasteiger partial charge on any atom is -0.479 e. The first-order valence-electron chi connectivity index (χ1n) is 6.59. The fraction of sp³-hybridized carbons (Fsp3) is 0.462. The lowest BCUT2D eigenvalue weighted by molar-refractivity contribution is -0.384. The fourth-order valence-electron chi connectivity index (χ4n) is 2.08. The Morgan fingerprint density at radius 3 is 2.71 bits per heavy atom. The van der Waals surface area contributed by atoms with Crippen molar-refractivity contribution in [2.45, 2.75) is 13.0 Å². The number of rotatable bonds is 4. The van der Waals surface area contributed by atoms with Gasteiger partial charge in [-0.1, -0.05) is 11.6 Å². The van der Waals surface area contributed by atoms with Gasteiger partial charge in [-0.2, -0.15) is 0 Å². The molecule has 114 valence electrons. The Morgan fingerprint density at radius 2 is 2.14 bits per heavy atom. The number of carbonyl (C=O) groups is 1. The van der Waals surface area contributed by atoms with Crippen LogP contribution in [0.3, 0.4) is 0 Å². The van der Waals surface area contributed by atoms with Crippen molar-refractivity contribution in [2.75, 3.05) is 26.2 Å². The average Bonchev–Trinajstić information content (AvgIpc) is 2.49. The fourth-order valence-corrected chi connectivity index (χ4v) is 2.30. The lowest BCUT2D eigenvalue weighted by atomic mass is 10.2. The van der Waals surface area contributed by atoms with Crippen LogP contribution in [0.5, 0.6) is 5.75 Å². The topological polar surface area (TPSA) is 84.7 Å². The quantitative estimate of drug-likeness (QED) is 0.671. The maximum atomic E-state index is 12.2. The number of ether oxygens (including phenoxy) is 1. The van der Waals surface area contributed by atoms with Crippen LogP contribution in [0.4, 0.5) is 5.69 Å². The molecule has 8 heteroatoms. The van der Waals surface area contributed by atoms with Gasteiger partial charge in [0.2, 0.25) is 0 Å². The predicted octanol–water partition coefficient (Wildman–Crippen LogP) is 1.45. The molecule has 0 bridgehead atoms. The Labute approximate surface area is 127 Å². The first-order chi connectivity index (χ1) is 9.99. The summed E-state index contributed by atoms with van der Waals surface area (Å²) < 4.78 is 5.53. The highest BCUT2D eigenvalue weighted by Crippen LogP contribution is 2.29. The summed E-state index contributed by atoms with van der Waals surface area (Å²) in [6, 6.07) is 3.91. The van der Waals surface area contributed by atoms with Crippen LogP contribution in [0.1, 0.15) is 6.92 Å². The molecule has 1 unspecified atom stereocenters. The summed E-state index contributed by atoms with van der Waals surface area (Å²) in [7, 11) is 0. The number of hydrogen-bond donors (Lipinski definition) is 1. The maximum Gasteiger partial charge on any atom is 0.271 e. The van der Waals surface area contributed by atoms with Gasteiger partial charge in [0.05, 0.1) is 9.95 Å². The summed E-state index contributed by atoms with van der Waals surface area (Å²) in [6.45, 7) is 4.44. The molecular weight excluding hydrogens is 298 g/mol. The number of non-ortho nitro benzene ring substituents is 1. The van der Waals surface area contributed by atoms with Crippen LogP contribution >= 0.6 is 11.6 Å². The third kappa shape index (κ3) is 3.83. The van der Waals surface area contributed by atoms with Crippen LogP contribution < -0.4 is 10.1 Å². The Balaban J connectivity index is 2.03. The van der Waals surface area contributed by atoms with Gasteiger partial charge in [0, 0.05) is 38.3 Å². The molecule has 1 aromatic carbocycles. The minimum atomic E-state index is -0.693. The van der Waals surface area contributed by atoms with Crippen molar-refractivity contribution >= 4 is 23.2 Å². The molecule has 1 heterocycles. The Morgan fingerprint density at radius 1 is 1.48 bits per heavy atom. The second-order valence-corrected chi connectivity index (χ2v) is 5.11. The molecule has 2 rings (SSSR count). The lowest BCUT2D eigenvalue weighted by Gasteiger charge is -2.29. The monoisotopic (exact) mass is 313 g/mol. The molecule has 21 heavy (non-hydrogen) atoms. The van der Waals surface area contributed by atoms with Crippen LogP contribution in [0.2, 0.25) is 5.02 Å². The van der Waals surface area contributed by atoms with Gasteiger partial charge in [-0.25, -0.2) is 0 Å². The Hall–Kier alpha value is -1.86. The van der Waals surface area contributed by atoms with Gasteiger partial charge in [-0.15, -0.1) is 0 Å². The molecule has 7 nitrogen and oxygen atoms in total. The molecule has 0 spiro atoms. The van der Waals surface area contributed by atoms with Crippen LogP contribution in [0.15, 0.2) is 18.2 Å². The molecule has 0 aromatic heterocycles. The molecular formula is C13H16ClN3O4. The van der Waals surface area contributed by atoms with Crippen molar-refractivity contribution in [1.29, 1.82) is 0 Å². The largest absolute Gasteiger partial charge is 0.479 e. The SMILES string of the molecule is CC(Oc1ccc([N+](=O)[O-])cc1Cl)C(=O)N1CCNCC1. The Bertz CT molecular complexity index is 546. The number of halogens is 1. The molecule has 1 aliphatic heterocycles. The highest BCUT2D eigenvalue weighted by Gasteiger charge is 2.24. The van der Waals surface area contributed by atoms with E-state index in [0.717, 1.165) is 13.1 Å². The number of nitro groups is 1. The molecule has 1 aliphatic rings. The number of hydrogen-bond acceptors (Lipinski definition) is 5. The zero-order valence-electron chi connectivity index (χ0n) is 11.5. The van der Waals surface area contributed by atoms with E-state index in [1.54, 1.807) is 11.8 Å². The van der Waals surface area contributed by atoms with Gasteiger partial charge in [0.25, 0.3) is 11.6 Å². The molecule has 0 radical (unpaired) electrons. The van der Waals surface area contributed by atoms with Crippen molar-refractivity contribution in [2.24, 2.45) is 0 Å². The summed E-state index contributed by atoms with van der Waals surface area (Å²) in [5.41, 5.74) is -0.117. The van der Waals surface area contributed by atoms with Gasteiger partial charge in [0.15, 0.2) is 6.10 Å². The predicted molar refractivity (Wildman–Crippen MR) is 77.6 cm³/mol. The van der Waals surface area contributed by atoms with Gasteiger partial charge in [-0.05, 0) is 13.0 Å². The van der Waals surface area contributed by atoms with Crippen LogP contribution in [0.25, 0.3) is 0 Å². The zero-order chi connectivity index (χ0) is 15.4. The number of nitrogens with one attached hydrogen (secondary N) is 1. The van der Waals surface area contributed by atoms with Gasteiger partial charge < -0.3 is 15.0 Å². The number of piperazine rings is 1. The van der Waals surface area contributed by atoms with Gasteiger partial charge in [0.1, 0.15) is 5.75 Å². The molecule has 1 N–H and O–H groups in total.